The number of carbonyl (C=O) groups is 1. The van der Waals surface area contributed by atoms with Crippen LogP contribution in [0.3, 0.4) is 0 Å². The van der Waals surface area contributed by atoms with E-state index in [1.807, 2.05) is 18.2 Å². The summed E-state index contributed by atoms with van der Waals surface area (Å²) in [4.78, 5) is 15.1. The molecule has 0 atom stereocenters. The minimum Gasteiger partial charge on any atom is -0.325 e. The third-order valence-corrected chi connectivity index (χ3v) is 7.12. The van der Waals surface area contributed by atoms with E-state index in [1.54, 1.807) is 0 Å². The lowest BCUT2D eigenvalue weighted by atomic mass is 9.87. The first-order valence-electron chi connectivity index (χ1n) is 12.1. The molecule has 0 saturated carbocycles. The minimum atomic E-state index is -0.0413. The Morgan fingerprint density at radius 2 is 1.65 bits per heavy atom. The fourth-order valence-electron chi connectivity index (χ4n) is 4.17. The molecule has 1 N–H and O–H groups in total. The molecule has 0 aliphatic carbocycles. The lowest BCUT2D eigenvalue weighted by molar-refractivity contribution is -0.113. The Bertz CT molecular complexity index is 1070. The van der Waals surface area contributed by atoms with Crippen molar-refractivity contribution in [3.05, 3.63) is 71.5 Å². The highest BCUT2D eigenvalue weighted by Crippen LogP contribution is 2.24. The number of benzene rings is 2. The number of rotatable bonds is 8. The summed E-state index contributed by atoms with van der Waals surface area (Å²) in [6.45, 7) is 10.3. The van der Waals surface area contributed by atoms with Crippen LogP contribution in [0.25, 0.3) is 0 Å². The highest BCUT2D eigenvalue weighted by atomic mass is 32.2. The van der Waals surface area contributed by atoms with Crippen molar-refractivity contribution in [1.29, 1.82) is 0 Å². The standard InChI is InChI=1S/C27H35N5OS/c1-27(2,3)22-12-14-23(15-13-22)28-25(33)20-34-26-30-29-24(19-31-16-8-5-9-17-31)32(26)18-21-10-6-4-7-11-21/h4,6-7,10-15H,5,8-9,16-20H2,1-3H3,(H,28,33). The number of piperidine rings is 1. The number of likely N-dealkylation sites (tertiary alicyclic amines) is 1. The van der Waals surface area contributed by atoms with Crippen LogP contribution in [0.5, 0.6) is 0 Å². The Morgan fingerprint density at radius 3 is 2.32 bits per heavy atom. The SMILES string of the molecule is CC(C)(C)c1ccc(NC(=O)CSc2nnc(CN3CCCCC3)n2Cc2ccccc2)cc1. The fourth-order valence-corrected chi connectivity index (χ4v) is 4.92. The number of nitrogens with one attached hydrogen (secondary N) is 1. The Morgan fingerprint density at radius 1 is 0.941 bits per heavy atom. The molecule has 180 valence electrons. The topological polar surface area (TPSA) is 63.1 Å². The van der Waals surface area contributed by atoms with Crippen LogP contribution >= 0.6 is 11.8 Å². The predicted molar refractivity (Wildman–Crippen MR) is 139 cm³/mol. The van der Waals surface area contributed by atoms with Crippen LogP contribution in [0.15, 0.2) is 59.8 Å². The van der Waals surface area contributed by atoms with Gasteiger partial charge < -0.3 is 9.88 Å². The summed E-state index contributed by atoms with van der Waals surface area (Å²) in [6.07, 6.45) is 3.79. The van der Waals surface area contributed by atoms with Crippen LogP contribution in [-0.4, -0.2) is 44.4 Å². The van der Waals surface area contributed by atoms with E-state index in [0.717, 1.165) is 36.3 Å². The van der Waals surface area contributed by atoms with Crippen molar-refractivity contribution < 1.29 is 4.79 Å². The van der Waals surface area contributed by atoms with Gasteiger partial charge in [-0.1, -0.05) is 81.4 Å². The van der Waals surface area contributed by atoms with Crippen LogP contribution < -0.4 is 5.32 Å². The van der Waals surface area contributed by atoms with Gasteiger partial charge in [0.05, 0.1) is 18.8 Å². The van der Waals surface area contributed by atoms with Crippen LogP contribution in [0.1, 0.15) is 57.0 Å². The highest BCUT2D eigenvalue weighted by molar-refractivity contribution is 7.99. The number of anilines is 1. The quantitative estimate of drug-likeness (QED) is 0.444. The van der Waals surface area contributed by atoms with Gasteiger partial charge in [0.15, 0.2) is 5.16 Å². The second kappa shape index (κ2) is 11.2. The van der Waals surface area contributed by atoms with Gasteiger partial charge in [-0.15, -0.1) is 10.2 Å². The Hall–Kier alpha value is -2.64. The van der Waals surface area contributed by atoms with Crippen molar-refractivity contribution in [2.75, 3.05) is 24.2 Å². The van der Waals surface area contributed by atoms with Gasteiger partial charge in [0.2, 0.25) is 5.91 Å². The Kier molecular flexibility index (Phi) is 8.06. The molecule has 0 radical (unpaired) electrons. The number of carbonyl (C=O) groups excluding carboxylic acids is 1. The molecule has 6 nitrogen and oxygen atoms in total. The van der Waals surface area contributed by atoms with E-state index in [0.29, 0.717) is 6.54 Å². The number of amides is 1. The van der Waals surface area contributed by atoms with Crippen molar-refractivity contribution in [3.63, 3.8) is 0 Å². The number of hydrogen-bond acceptors (Lipinski definition) is 5. The summed E-state index contributed by atoms with van der Waals surface area (Å²) in [5.41, 5.74) is 3.35. The first kappa shape index (κ1) is 24.5. The number of nitrogens with zero attached hydrogens (tertiary/aromatic N) is 4. The summed E-state index contributed by atoms with van der Waals surface area (Å²) in [6, 6.07) is 18.5. The molecule has 1 aliphatic heterocycles. The van der Waals surface area contributed by atoms with Crippen LogP contribution in [-0.2, 0) is 23.3 Å². The molecule has 1 fully saturated rings. The largest absolute Gasteiger partial charge is 0.325 e. The van der Waals surface area contributed by atoms with Crippen molar-refractivity contribution in [3.8, 4) is 0 Å². The Labute approximate surface area is 207 Å². The van der Waals surface area contributed by atoms with Crippen molar-refractivity contribution in [1.82, 2.24) is 19.7 Å². The van der Waals surface area contributed by atoms with E-state index in [-0.39, 0.29) is 17.1 Å². The molecular formula is C27H35N5OS. The van der Waals surface area contributed by atoms with E-state index in [1.165, 1.54) is 42.2 Å². The maximum Gasteiger partial charge on any atom is 0.234 e. The van der Waals surface area contributed by atoms with Gasteiger partial charge in [0.25, 0.3) is 0 Å². The molecule has 1 aromatic heterocycles. The molecule has 1 saturated heterocycles. The van der Waals surface area contributed by atoms with E-state index >= 15 is 0 Å². The highest BCUT2D eigenvalue weighted by Gasteiger charge is 2.19. The smallest absolute Gasteiger partial charge is 0.234 e. The molecule has 0 unspecified atom stereocenters. The average Bonchev–Trinajstić information content (AvgIpc) is 3.19. The van der Waals surface area contributed by atoms with Gasteiger partial charge >= 0.3 is 0 Å². The predicted octanol–water partition coefficient (Wildman–Crippen LogP) is 5.34. The molecule has 34 heavy (non-hydrogen) atoms. The molecule has 1 aliphatic rings. The third-order valence-electron chi connectivity index (χ3n) is 6.16. The molecular weight excluding hydrogens is 442 g/mol. The van der Waals surface area contributed by atoms with Crippen LogP contribution in [0.2, 0.25) is 0 Å². The van der Waals surface area contributed by atoms with Gasteiger partial charge in [0, 0.05) is 5.69 Å². The summed E-state index contributed by atoms with van der Waals surface area (Å²) < 4.78 is 2.17. The molecule has 3 aromatic rings. The van der Waals surface area contributed by atoms with Crippen molar-refractivity contribution in [2.24, 2.45) is 0 Å². The van der Waals surface area contributed by atoms with E-state index in [4.69, 9.17) is 0 Å². The zero-order valence-electron chi connectivity index (χ0n) is 20.5. The Balaban J connectivity index is 1.42. The summed E-state index contributed by atoms with van der Waals surface area (Å²) in [5.74, 6) is 1.21. The average molecular weight is 478 g/mol. The van der Waals surface area contributed by atoms with Gasteiger partial charge in [-0.2, -0.15) is 0 Å². The fraction of sp³-hybridized carbons (Fsp3) is 0.444. The molecule has 0 spiro atoms. The van der Waals surface area contributed by atoms with E-state index < -0.39 is 0 Å². The first-order valence-corrected chi connectivity index (χ1v) is 13.1. The van der Waals surface area contributed by atoms with Crippen molar-refractivity contribution in [2.45, 2.75) is 63.7 Å². The number of thioether (sulfide) groups is 1. The number of hydrogen-bond donors (Lipinski definition) is 1. The van der Waals surface area contributed by atoms with Gasteiger partial charge in [0.1, 0.15) is 5.82 Å². The third kappa shape index (κ3) is 6.70. The van der Waals surface area contributed by atoms with Crippen LogP contribution in [0.4, 0.5) is 5.69 Å². The van der Waals surface area contributed by atoms with E-state index in [9.17, 15) is 4.79 Å². The molecule has 4 rings (SSSR count). The lowest BCUT2D eigenvalue weighted by Crippen LogP contribution is -2.30. The monoisotopic (exact) mass is 477 g/mol. The van der Waals surface area contributed by atoms with Crippen molar-refractivity contribution >= 4 is 23.4 Å². The lowest BCUT2D eigenvalue weighted by Gasteiger charge is -2.26. The zero-order valence-corrected chi connectivity index (χ0v) is 21.3. The first-order chi connectivity index (χ1) is 16.4. The van der Waals surface area contributed by atoms with Gasteiger partial charge in [-0.3, -0.25) is 9.69 Å². The molecule has 1 amide bonds. The maximum atomic E-state index is 12.7. The second-order valence-electron chi connectivity index (χ2n) is 9.97. The summed E-state index contributed by atoms with van der Waals surface area (Å²) in [5, 5.41) is 12.8. The molecule has 7 heteroatoms. The summed E-state index contributed by atoms with van der Waals surface area (Å²) in [7, 11) is 0. The summed E-state index contributed by atoms with van der Waals surface area (Å²) >= 11 is 1.44. The minimum absolute atomic E-state index is 0.0413. The maximum absolute atomic E-state index is 12.7. The zero-order chi connectivity index (χ0) is 24.0. The normalized spacial score (nSPS) is 14.8. The molecule has 0 bridgehead atoms. The van der Waals surface area contributed by atoms with Gasteiger partial charge in [-0.25, -0.2) is 0 Å². The van der Waals surface area contributed by atoms with Crippen LogP contribution in [0, 0.1) is 0 Å². The van der Waals surface area contributed by atoms with Gasteiger partial charge in [-0.05, 0) is 54.6 Å². The second-order valence-corrected chi connectivity index (χ2v) is 10.9. The van der Waals surface area contributed by atoms with E-state index in [2.05, 4.69) is 82.2 Å². The number of aromatic nitrogens is 3. The molecule has 2 aromatic carbocycles. The molecule has 2 heterocycles.